The number of amides is 1. The lowest BCUT2D eigenvalue weighted by Gasteiger charge is -2.13. The van der Waals surface area contributed by atoms with Crippen LogP contribution in [0.25, 0.3) is 11.1 Å². The zero-order chi connectivity index (χ0) is 15.0. The molecule has 1 amide bonds. The van der Waals surface area contributed by atoms with Crippen molar-refractivity contribution in [1.29, 1.82) is 5.26 Å². The van der Waals surface area contributed by atoms with E-state index in [-0.39, 0.29) is 12.3 Å². The van der Waals surface area contributed by atoms with Crippen LogP contribution >= 0.6 is 15.9 Å². The highest BCUT2D eigenvalue weighted by atomic mass is 79.9. The molecule has 1 heterocycles. The quantitative estimate of drug-likeness (QED) is 0.873. The number of halogens is 1. The van der Waals surface area contributed by atoms with Crippen LogP contribution in [0.4, 0.5) is 0 Å². The molecule has 2 aromatic rings. The first-order chi connectivity index (χ1) is 10.0. The predicted molar refractivity (Wildman–Crippen MR) is 79.1 cm³/mol. The van der Waals surface area contributed by atoms with Crippen LogP contribution in [-0.4, -0.2) is 22.5 Å². The summed E-state index contributed by atoms with van der Waals surface area (Å²) < 4.78 is 6.41. The third-order valence-electron chi connectivity index (χ3n) is 3.47. The molecule has 108 valence electrons. The van der Waals surface area contributed by atoms with Crippen molar-refractivity contribution in [1.82, 2.24) is 10.3 Å². The Labute approximate surface area is 129 Å². The molecule has 0 saturated heterocycles. The van der Waals surface area contributed by atoms with E-state index >= 15 is 0 Å². The Kier molecular flexibility index (Phi) is 3.43. The van der Waals surface area contributed by atoms with Gasteiger partial charge in [-0.2, -0.15) is 5.26 Å². The smallest absolute Gasteiger partial charge is 0.238 e. The Balaban J connectivity index is 1.71. The number of nitrogens with zero attached hydrogens (tertiary/aromatic N) is 2. The molecule has 6 nitrogen and oxygen atoms in total. The van der Waals surface area contributed by atoms with Crippen LogP contribution in [-0.2, 0) is 11.2 Å². The summed E-state index contributed by atoms with van der Waals surface area (Å²) in [4.78, 5) is 16.3. The Hall–Kier alpha value is -1.91. The minimum Gasteiger partial charge on any atom is -0.439 e. The van der Waals surface area contributed by atoms with E-state index in [1.807, 2.05) is 18.2 Å². The fraction of sp³-hybridized carbons (Fsp3) is 0.357. The molecule has 0 bridgehead atoms. The zero-order valence-electron chi connectivity index (χ0n) is 11.1. The highest BCUT2D eigenvalue weighted by Crippen LogP contribution is 2.34. The van der Waals surface area contributed by atoms with Gasteiger partial charge in [0, 0.05) is 6.42 Å². The summed E-state index contributed by atoms with van der Waals surface area (Å²) in [5, 5.41) is 11.6. The Morgan fingerprint density at radius 3 is 3.00 bits per heavy atom. The minimum atomic E-state index is -0.789. The van der Waals surface area contributed by atoms with Crippen molar-refractivity contribution >= 4 is 32.9 Å². The van der Waals surface area contributed by atoms with E-state index in [2.05, 4.69) is 32.3 Å². The Bertz CT molecular complexity index is 745. The van der Waals surface area contributed by atoms with Crippen LogP contribution in [0.2, 0.25) is 0 Å². The number of carbonyl (C=O) groups is 1. The summed E-state index contributed by atoms with van der Waals surface area (Å²) in [7, 11) is 0. The molecule has 1 fully saturated rings. The number of para-hydroxylation sites is 1. The van der Waals surface area contributed by atoms with E-state index < -0.39 is 11.6 Å². The first kappa shape index (κ1) is 14.0. The van der Waals surface area contributed by atoms with Gasteiger partial charge in [0.1, 0.15) is 11.1 Å². The van der Waals surface area contributed by atoms with Crippen molar-refractivity contribution in [2.75, 3.05) is 0 Å². The van der Waals surface area contributed by atoms with Gasteiger partial charge in [-0.25, -0.2) is 4.98 Å². The number of nitriles is 1. The lowest BCUT2D eigenvalue weighted by molar-refractivity contribution is -0.123. The second-order valence-corrected chi connectivity index (χ2v) is 6.04. The van der Waals surface area contributed by atoms with Crippen LogP contribution in [0.3, 0.4) is 0 Å². The van der Waals surface area contributed by atoms with Gasteiger partial charge < -0.3 is 15.5 Å². The van der Waals surface area contributed by atoms with Crippen molar-refractivity contribution in [3.8, 4) is 6.07 Å². The van der Waals surface area contributed by atoms with Gasteiger partial charge in [0.05, 0.1) is 16.6 Å². The van der Waals surface area contributed by atoms with Crippen LogP contribution in [0.15, 0.2) is 27.1 Å². The fourth-order valence-electron chi connectivity index (χ4n) is 2.05. The number of benzene rings is 1. The number of nitrogens with two attached hydrogens (primary N) is 1. The van der Waals surface area contributed by atoms with Gasteiger partial charge in [-0.05, 0) is 40.9 Å². The summed E-state index contributed by atoms with van der Waals surface area (Å²) in [5.74, 6) is 0.0525. The summed E-state index contributed by atoms with van der Waals surface area (Å²) in [6.07, 6.45) is 1.55. The molecule has 1 aliphatic carbocycles. The van der Waals surface area contributed by atoms with Crippen LogP contribution < -0.4 is 11.1 Å². The van der Waals surface area contributed by atoms with E-state index in [0.29, 0.717) is 29.8 Å². The molecule has 0 unspecified atom stereocenters. The molecular weight excluding hydrogens is 336 g/mol. The number of rotatable bonds is 4. The highest BCUT2D eigenvalue weighted by molar-refractivity contribution is 9.10. The molecule has 1 aliphatic rings. The largest absolute Gasteiger partial charge is 0.439 e. The molecule has 0 spiro atoms. The molecule has 1 aromatic carbocycles. The minimum absolute atomic E-state index is 0.189. The first-order valence-electron chi connectivity index (χ1n) is 6.56. The number of nitrogens with one attached hydrogen (secondary N) is 1. The van der Waals surface area contributed by atoms with Crippen LogP contribution in [0.1, 0.15) is 18.7 Å². The highest BCUT2D eigenvalue weighted by Gasteiger charge is 2.45. The molecule has 1 aromatic heterocycles. The first-order valence-corrected chi connectivity index (χ1v) is 7.35. The number of oxazole rings is 1. The summed E-state index contributed by atoms with van der Waals surface area (Å²) in [5.41, 5.74) is 6.50. The van der Waals surface area contributed by atoms with E-state index in [0.717, 1.165) is 4.47 Å². The number of aromatic nitrogens is 1. The molecule has 0 radical (unpaired) electrons. The summed E-state index contributed by atoms with van der Waals surface area (Å²) >= 11 is 3.38. The average Bonchev–Trinajstić information content (AvgIpc) is 3.10. The van der Waals surface area contributed by atoms with Crippen molar-refractivity contribution < 1.29 is 9.21 Å². The second-order valence-electron chi connectivity index (χ2n) is 5.19. The normalized spacial score (nSPS) is 17.2. The van der Waals surface area contributed by atoms with E-state index in [1.165, 1.54) is 0 Å². The average molecular weight is 349 g/mol. The number of fused-ring (bicyclic) bond motifs is 1. The number of hydrogen-bond acceptors (Lipinski definition) is 5. The monoisotopic (exact) mass is 348 g/mol. The number of hydrogen-bond donors (Lipinski definition) is 2. The van der Waals surface area contributed by atoms with Crippen molar-refractivity contribution in [3.63, 3.8) is 0 Å². The Morgan fingerprint density at radius 2 is 2.38 bits per heavy atom. The SMILES string of the molecule is N#CC1(NC(=O)[C@@H](N)Cc2nc3cccc(Br)c3o2)CC1. The van der Waals surface area contributed by atoms with Gasteiger partial charge in [0.2, 0.25) is 5.91 Å². The van der Waals surface area contributed by atoms with Gasteiger partial charge in [-0.15, -0.1) is 0 Å². The molecule has 1 atom stereocenters. The molecule has 0 aliphatic heterocycles. The topological polar surface area (TPSA) is 105 Å². The van der Waals surface area contributed by atoms with Crippen LogP contribution in [0, 0.1) is 11.3 Å². The maximum atomic E-state index is 12.0. The van der Waals surface area contributed by atoms with E-state index in [9.17, 15) is 4.79 Å². The standard InChI is InChI=1S/C14H13BrN4O2/c15-8-2-1-3-10-12(8)21-11(18-10)6-9(17)13(20)19-14(7-16)4-5-14/h1-3,9H,4-6,17H2,(H,19,20)/t9-/m0/s1. The molecule has 3 rings (SSSR count). The van der Waals surface area contributed by atoms with Gasteiger partial charge in [0.25, 0.3) is 0 Å². The summed E-state index contributed by atoms with van der Waals surface area (Å²) in [6.45, 7) is 0. The zero-order valence-corrected chi connectivity index (χ0v) is 12.7. The Morgan fingerprint density at radius 1 is 1.62 bits per heavy atom. The third-order valence-corrected chi connectivity index (χ3v) is 4.09. The van der Waals surface area contributed by atoms with Crippen LogP contribution in [0.5, 0.6) is 0 Å². The maximum absolute atomic E-state index is 12.0. The van der Waals surface area contributed by atoms with Gasteiger partial charge >= 0.3 is 0 Å². The van der Waals surface area contributed by atoms with Gasteiger partial charge in [-0.1, -0.05) is 6.07 Å². The molecule has 21 heavy (non-hydrogen) atoms. The lowest BCUT2D eigenvalue weighted by Crippen LogP contribution is -2.47. The van der Waals surface area contributed by atoms with Crippen molar-refractivity contribution in [2.45, 2.75) is 30.8 Å². The summed E-state index contributed by atoms with van der Waals surface area (Å²) in [6, 6.07) is 6.85. The fourth-order valence-corrected chi connectivity index (χ4v) is 2.48. The molecular formula is C14H13BrN4O2. The predicted octanol–water partition coefficient (Wildman–Crippen LogP) is 1.63. The van der Waals surface area contributed by atoms with E-state index in [4.69, 9.17) is 15.4 Å². The molecule has 7 heteroatoms. The van der Waals surface area contributed by atoms with E-state index in [1.54, 1.807) is 0 Å². The second kappa shape index (κ2) is 5.13. The number of carbonyl (C=O) groups excluding carboxylic acids is 1. The van der Waals surface area contributed by atoms with Gasteiger partial charge in [-0.3, -0.25) is 4.79 Å². The maximum Gasteiger partial charge on any atom is 0.238 e. The molecule has 3 N–H and O–H groups in total. The van der Waals surface area contributed by atoms with Crippen molar-refractivity contribution in [2.24, 2.45) is 5.73 Å². The molecule has 1 saturated carbocycles. The third kappa shape index (κ3) is 2.77. The van der Waals surface area contributed by atoms with Crippen molar-refractivity contribution in [3.05, 3.63) is 28.6 Å². The van der Waals surface area contributed by atoms with Gasteiger partial charge in [0.15, 0.2) is 11.5 Å². The lowest BCUT2D eigenvalue weighted by atomic mass is 10.2.